The smallest absolute Gasteiger partial charge is 0.191 e. The molecule has 7 heteroatoms. The molecule has 5 rings (SSSR count). The summed E-state index contributed by atoms with van der Waals surface area (Å²) in [7, 11) is 1.78. The fraction of sp³-hybridized carbons (Fsp3) is 0.938. The van der Waals surface area contributed by atoms with Crippen molar-refractivity contribution in [3.05, 3.63) is 0 Å². The fourth-order valence-electron chi connectivity index (χ4n) is 11.6. The third-order valence-electron chi connectivity index (χ3n) is 13.7. The van der Waals surface area contributed by atoms with E-state index < -0.39 is 12.4 Å². The molecule has 0 saturated heterocycles. The Hall–Kier alpha value is -0.860. The Kier molecular flexibility index (Phi) is 7.71. The van der Waals surface area contributed by atoms with Crippen LogP contribution in [0.25, 0.3) is 0 Å². The summed E-state index contributed by atoms with van der Waals surface area (Å²) in [6, 6.07) is 0. The minimum Gasteiger partial charge on any atom is -0.393 e. The number of rotatable bonds is 11. The zero-order valence-corrected chi connectivity index (χ0v) is 25.0. The monoisotopic (exact) mass is 548 g/mol. The van der Waals surface area contributed by atoms with Crippen LogP contribution in [0.2, 0.25) is 0 Å². The topological polar surface area (TPSA) is 102 Å². The van der Waals surface area contributed by atoms with Gasteiger partial charge in [0.1, 0.15) is 12.9 Å². The van der Waals surface area contributed by atoms with Crippen molar-refractivity contribution in [2.75, 3.05) is 20.3 Å². The van der Waals surface area contributed by atoms with E-state index in [1.54, 1.807) is 7.11 Å². The SMILES string of the molecule is COCC[C@@H](C)[C@H]1C[C@H](O)[C@@]2(C)C3CCC4C(C)(C)C(O[C@H](OCC=O)C(O)C=O)CCC45CC35CCC12C. The maximum absolute atomic E-state index is 11.8. The second-order valence-electron chi connectivity index (χ2n) is 15.0. The van der Waals surface area contributed by atoms with E-state index in [4.69, 9.17) is 14.2 Å². The Balaban J connectivity index is 1.39. The summed E-state index contributed by atoms with van der Waals surface area (Å²) < 4.78 is 17.1. The molecule has 0 heterocycles. The van der Waals surface area contributed by atoms with Crippen LogP contribution < -0.4 is 0 Å². The van der Waals surface area contributed by atoms with Gasteiger partial charge in [-0.05, 0) is 103 Å². The third kappa shape index (κ3) is 4.00. The molecule has 0 aromatic heterocycles. The lowest BCUT2D eigenvalue weighted by molar-refractivity contribution is -0.251. The van der Waals surface area contributed by atoms with Crippen LogP contribution in [-0.4, -0.2) is 67.7 Å². The van der Waals surface area contributed by atoms with Gasteiger partial charge in [0.15, 0.2) is 18.7 Å². The number of hydrogen-bond donors (Lipinski definition) is 2. The van der Waals surface area contributed by atoms with Crippen molar-refractivity contribution < 1.29 is 34.0 Å². The predicted octanol–water partition coefficient (Wildman–Crippen LogP) is 4.56. The van der Waals surface area contributed by atoms with Gasteiger partial charge in [0, 0.05) is 19.1 Å². The van der Waals surface area contributed by atoms with E-state index in [0.29, 0.717) is 36.2 Å². The number of aldehydes is 2. The third-order valence-corrected chi connectivity index (χ3v) is 13.7. The summed E-state index contributed by atoms with van der Waals surface area (Å²) in [5.41, 5.74) is 0.450. The number of aliphatic hydroxyl groups is 2. The summed E-state index contributed by atoms with van der Waals surface area (Å²) in [5, 5.41) is 22.0. The number of hydrogen-bond acceptors (Lipinski definition) is 7. The second kappa shape index (κ2) is 10.1. The van der Waals surface area contributed by atoms with Crippen LogP contribution in [0.3, 0.4) is 0 Å². The molecule has 5 saturated carbocycles. The van der Waals surface area contributed by atoms with E-state index in [1.807, 2.05) is 0 Å². The van der Waals surface area contributed by atoms with Gasteiger partial charge in [-0.25, -0.2) is 0 Å². The highest BCUT2D eigenvalue weighted by Crippen LogP contribution is 2.89. The maximum Gasteiger partial charge on any atom is 0.191 e. The molecular weight excluding hydrogens is 496 g/mol. The van der Waals surface area contributed by atoms with Crippen LogP contribution in [0.5, 0.6) is 0 Å². The molecule has 5 aliphatic rings. The molecule has 0 bridgehead atoms. The van der Waals surface area contributed by atoms with Crippen molar-refractivity contribution >= 4 is 12.6 Å². The Morgan fingerprint density at radius 2 is 1.69 bits per heavy atom. The van der Waals surface area contributed by atoms with Crippen LogP contribution >= 0.6 is 0 Å². The summed E-state index contributed by atoms with van der Waals surface area (Å²) in [4.78, 5) is 22.2. The second-order valence-corrected chi connectivity index (χ2v) is 15.0. The van der Waals surface area contributed by atoms with Crippen molar-refractivity contribution in [1.29, 1.82) is 0 Å². The van der Waals surface area contributed by atoms with Crippen LogP contribution in [-0.2, 0) is 23.8 Å². The Morgan fingerprint density at radius 3 is 2.36 bits per heavy atom. The molecule has 2 spiro atoms. The van der Waals surface area contributed by atoms with Crippen LogP contribution in [0.15, 0.2) is 0 Å². The molecular formula is C32H52O7. The lowest BCUT2D eigenvalue weighted by Crippen LogP contribution is -2.60. The lowest BCUT2D eigenvalue weighted by Gasteiger charge is -2.64. The molecule has 5 aliphatic carbocycles. The zero-order valence-electron chi connectivity index (χ0n) is 25.0. The minimum atomic E-state index is -1.42. The molecule has 7 unspecified atom stereocenters. The van der Waals surface area contributed by atoms with Crippen molar-refractivity contribution in [2.24, 2.45) is 50.7 Å². The Morgan fingerprint density at radius 1 is 1.00 bits per heavy atom. The predicted molar refractivity (Wildman–Crippen MR) is 147 cm³/mol. The highest BCUT2D eigenvalue weighted by Gasteiger charge is 2.83. The average molecular weight is 549 g/mol. The van der Waals surface area contributed by atoms with E-state index in [1.165, 1.54) is 19.3 Å². The van der Waals surface area contributed by atoms with E-state index in [9.17, 15) is 19.8 Å². The normalized spacial score (nSPS) is 48.1. The largest absolute Gasteiger partial charge is 0.393 e. The van der Waals surface area contributed by atoms with Gasteiger partial charge in [0.25, 0.3) is 0 Å². The molecule has 0 amide bonds. The summed E-state index contributed by atoms with van der Waals surface area (Å²) >= 11 is 0. The first kappa shape index (κ1) is 29.6. The quantitative estimate of drug-likeness (QED) is 0.288. The summed E-state index contributed by atoms with van der Waals surface area (Å²) in [6.07, 6.45) is 7.84. The van der Waals surface area contributed by atoms with Gasteiger partial charge in [-0.3, -0.25) is 0 Å². The van der Waals surface area contributed by atoms with Gasteiger partial charge in [0.2, 0.25) is 0 Å². The highest BCUT2D eigenvalue weighted by molar-refractivity contribution is 5.56. The molecule has 5 fully saturated rings. The number of fused-ring (bicyclic) bond motifs is 2. The summed E-state index contributed by atoms with van der Waals surface area (Å²) in [6.45, 7) is 12.4. The first-order valence-electron chi connectivity index (χ1n) is 15.4. The molecule has 0 aromatic carbocycles. The Labute approximate surface area is 234 Å². The van der Waals surface area contributed by atoms with Crippen LogP contribution in [0.4, 0.5) is 0 Å². The van der Waals surface area contributed by atoms with Gasteiger partial charge < -0.3 is 34.0 Å². The van der Waals surface area contributed by atoms with Gasteiger partial charge in [-0.2, -0.15) is 0 Å². The minimum absolute atomic E-state index is 0.0783. The van der Waals surface area contributed by atoms with Gasteiger partial charge >= 0.3 is 0 Å². The number of carbonyl (C=O) groups is 2. The van der Waals surface area contributed by atoms with E-state index in [0.717, 1.165) is 45.1 Å². The van der Waals surface area contributed by atoms with Crippen LogP contribution in [0, 0.1) is 50.7 Å². The molecule has 0 aromatic rings. The summed E-state index contributed by atoms with van der Waals surface area (Å²) in [5.74, 6) is 2.06. The number of aliphatic hydroxyl groups excluding tert-OH is 2. The number of carbonyl (C=O) groups excluding carboxylic acids is 2. The first-order valence-corrected chi connectivity index (χ1v) is 15.4. The zero-order chi connectivity index (χ0) is 28.4. The van der Waals surface area contributed by atoms with E-state index >= 15 is 0 Å². The molecule has 7 nitrogen and oxygen atoms in total. The van der Waals surface area contributed by atoms with Crippen molar-refractivity contribution in [3.8, 4) is 0 Å². The van der Waals surface area contributed by atoms with Crippen molar-refractivity contribution in [2.45, 2.75) is 117 Å². The highest BCUT2D eigenvalue weighted by atomic mass is 16.7. The lowest BCUT2D eigenvalue weighted by atomic mass is 9.41. The standard InChI is InChI=1S/C32H52O7/c1-20(10-15-37-6)21-17-25(36)30(5)24-8-7-23-28(2,3)26(39-27(22(35)18-34)38-16-14-33)9-11-31(23)19-32(24,31)13-12-29(21,30)4/h14,18,20-27,35-36H,7-13,15-17,19H2,1-6H3/t20-,21-,22?,23?,24?,25+,26?,27+,29?,30-,31?,32?/m1/s1. The molecule has 39 heavy (non-hydrogen) atoms. The average Bonchev–Trinajstić information content (AvgIpc) is 3.53. The van der Waals surface area contributed by atoms with Crippen LogP contribution in [0.1, 0.15) is 92.4 Å². The van der Waals surface area contributed by atoms with Gasteiger partial charge in [0.05, 0.1) is 12.2 Å². The number of methoxy groups -OCH3 is 1. The molecule has 0 radical (unpaired) electrons. The molecule has 12 atom stereocenters. The van der Waals surface area contributed by atoms with Gasteiger partial charge in [-0.15, -0.1) is 0 Å². The number of ether oxygens (including phenoxy) is 3. The van der Waals surface area contributed by atoms with E-state index in [2.05, 4.69) is 34.6 Å². The molecule has 0 aliphatic heterocycles. The maximum atomic E-state index is 11.8. The van der Waals surface area contributed by atoms with Crippen molar-refractivity contribution in [3.63, 3.8) is 0 Å². The van der Waals surface area contributed by atoms with Crippen molar-refractivity contribution in [1.82, 2.24) is 0 Å². The fourth-order valence-corrected chi connectivity index (χ4v) is 11.6. The molecule has 2 N–H and O–H groups in total. The Bertz CT molecular complexity index is 937. The van der Waals surface area contributed by atoms with Gasteiger partial charge in [-0.1, -0.05) is 34.6 Å². The van der Waals surface area contributed by atoms with E-state index in [-0.39, 0.29) is 45.9 Å². The first-order chi connectivity index (χ1) is 18.4. The molecule has 222 valence electrons.